The van der Waals surface area contributed by atoms with Crippen LogP contribution in [0.5, 0.6) is 0 Å². The van der Waals surface area contributed by atoms with E-state index in [0.29, 0.717) is 0 Å². The molecule has 38 heavy (non-hydrogen) atoms. The highest BCUT2D eigenvalue weighted by atomic mass is 32.2. The van der Waals surface area contributed by atoms with Crippen molar-refractivity contribution in [2.45, 2.75) is 93.5 Å². The molecule has 3 heterocycles. The minimum atomic E-state index is -4.00. The van der Waals surface area contributed by atoms with Crippen molar-refractivity contribution < 1.29 is 32.3 Å². The Balaban J connectivity index is 1.59. The first-order valence-corrected chi connectivity index (χ1v) is 14.2. The molecule has 3 saturated heterocycles. The lowest BCUT2D eigenvalue weighted by Gasteiger charge is -2.31. The van der Waals surface area contributed by atoms with E-state index in [2.05, 4.69) is 5.16 Å². The van der Waals surface area contributed by atoms with Gasteiger partial charge in [-0.3, -0.25) is 4.90 Å². The van der Waals surface area contributed by atoms with E-state index in [1.54, 1.807) is 58.9 Å². The van der Waals surface area contributed by atoms with E-state index < -0.39 is 63.0 Å². The monoisotopic (exact) mass is 542 g/mol. The number of ether oxygens (including phenoxy) is 3. The normalized spacial score (nSPS) is 30.0. The number of hydrogen-bond acceptors (Lipinski definition) is 8. The van der Waals surface area contributed by atoms with E-state index in [1.165, 1.54) is 11.1 Å². The van der Waals surface area contributed by atoms with Crippen LogP contribution < -0.4 is 0 Å². The lowest BCUT2D eigenvalue weighted by Crippen LogP contribution is -2.54. The number of oxime groups is 1. The number of benzene rings is 2. The molecule has 1 amide bonds. The molecule has 5 rings (SSSR count). The molecular formula is C28H34N2O7S. The number of carbonyl (C=O) groups excluding carboxylic acids is 1. The second kappa shape index (κ2) is 9.36. The number of hydrogen-bond donors (Lipinski definition) is 0. The number of carbonyl (C=O) groups is 1. The van der Waals surface area contributed by atoms with Gasteiger partial charge in [0.05, 0.1) is 17.2 Å². The molecule has 2 aromatic rings. The van der Waals surface area contributed by atoms with Gasteiger partial charge in [0.25, 0.3) is 0 Å². The molecule has 10 heteroatoms. The summed E-state index contributed by atoms with van der Waals surface area (Å²) in [6.07, 6.45) is -1.42. The molecule has 0 N–H and O–H groups in total. The number of fused-ring (bicyclic) bond motifs is 5. The van der Waals surface area contributed by atoms with Crippen molar-refractivity contribution >= 4 is 22.1 Å². The van der Waals surface area contributed by atoms with Crippen LogP contribution in [0.2, 0.25) is 0 Å². The number of nitrogens with zero attached hydrogens (tertiary/aromatic N) is 2. The molecule has 0 radical (unpaired) electrons. The van der Waals surface area contributed by atoms with Crippen molar-refractivity contribution in [1.82, 2.24) is 4.90 Å². The van der Waals surface area contributed by atoms with Crippen LogP contribution in [-0.2, 0) is 28.9 Å². The lowest BCUT2D eigenvalue weighted by atomic mass is 9.92. The fourth-order valence-corrected chi connectivity index (χ4v) is 7.61. The maximum atomic E-state index is 14.2. The summed E-state index contributed by atoms with van der Waals surface area (Å²) >= 11 is 0. The van der Waals surface area contributed by atoms with Crippen molar-refractivity contribution in [3.05, 3.63) is 65.7 Å². The maximum Gasteiger partial charge on any atom is 0.411 e. The lowest BCUT2D eigenvalue weighted by molar-refractivity contribution is -0.164. The zero-order valence-corrected chi connectivity index (χ0v) is 23.2. The van der Waals surface area contributed by atoms with Gasteiger partial charge in [-0.25, -0.2) is 13.2 Å². The second-order valence-electron chi connectivity index (χ2n) is 11.5. The Morgan fingerprint density at radius 2 is 1.61 bits per heavy atom. The smallest absolute Gasteiger partial charge is 0.411 e. The Hall–Kier alpha value is -2.95. The molecule has 3 aliphatic rings. The van der Waals surface area contributed by atoms with Crippen molar-refractivity contribution in [3.8, 4) is 0 Å². The Labute approximate surface area is 223 Å². The highest BCUT2D eigenvalue weighted by Crippen LogP contribution is 2.52. The van der Waals surface area contributed by atoms with Gasteiger partial charge in [-0.15, -0.1) is 0 Å². The van der Waals surface area contributed by atoms with Crippen molar-refractivity contribution in [2.75, 3.05) is 0 Å². The summed E-state index contributed by atoms with van der Waals surface area (Å²) < 4.78 is 46.4. The minimum Gasteiger partial charge on any atom is -0.444 e. The molecule has 2 bridgehead atoms. The Morgan fingerprint density at radius 1 is 1.00 bits per heavy atom. The number of aryl methyl sites for hydroxylation is 1. The fourth-order valence-electron chi connectivity index (χ4n) is 5.57. The molecule has 0 aromatic heterocycles. The zero-order chi connectivity index (χ0) is 27.5. The minimum absolute atomic E-state index is 0.139. The average molecular weight is 543 g/mol. The van der Waals surface area contributed by atoms with E-state index in [-0.39, 0.29) is 4.90 Å². The topological polar surface area (TPSA) is 104 Å². The summed E-state index contributed by atoms with van der Waals surface area (Å²) in [6.45, 7) is 10.7. The van der Waals surface area contributed by atoms with Gasteiger partial charge in [0.2, 0.25) is 0 Å². The highest BCUT2D eigenvalue weighted by Gasteiger charge is 2.74. The van der Waals surface area contributed by atoms with Crippen LogP contribution in [0.1, 0.15) is 45.7 Å². The van der Waals surface area contributed by atoms with E-state index in [1.807, 2.05) is 37.3 Å². The van der Waals surface area contributed by atoms with Crippen LogP contribution in [0.4, 0.5) is 4.79 Å². The summed E-state index contributed by atoms with van der Waals surface area (Å²) in [5.74, 6) is -0.952. The van der Waals surface area contributed by atoms with Crippen LogP contribution in [0.15, 0.2) is 64.6 Å². The van der Waals surface area contributed by atoms with Crippen molar-refractivity contribution in [2.24, 2.45) is 5.16 Å². The third-order valence-corrected chi connectivity index (χ3v) is 9.17. The van der Waals surface area contributed by atoms with Crippen LogP contribution in [0.25, 0.3) is 0 Å². The zero-order valence-electron chi connectivity index (χ0n) is 22.4. The maximum absolute atomic E-state index is 14.2. The van der Waals surface area contributed by atoms with E-state index in [9.17, 15) is 13.2 Å². The van der Waals surface area contributed by atoms with Crippen molar-refractivity contribution in [3.63, 3.8) is 0 Å². The van der Waals surface area contributed by atoms with Crippen LogP contribution in [0, 0.1) is 6.92 Å². The third kappa shape index (κ3) is 4.81. The fraction of sp³-hybridized carbons (Fsp3) is 0.500. The van der Waals surface area contributed by atoms with Gasteiger partial charge in [0, 0.05) is 0 Å². The highest BCUT2D eigenvalue weighted by molar-refractivity contribution is 7.92. The van der Waals surface area contributed by atoms with Gasteiger partial charge >= 0.3 is 6.09 Å². The second-order valence-corrected chi connectivity index (χ2v) is 13.6. The van der Waals surface area contributed by atoms with E-state index in [0.717, 1.165) is 11.1 Å². The summed E-state index contributed by atoms with van der Waals surface area (Å²) in [7, 11) is -4.00. The Kier molecular flexibility index (Phi) is 6.56. The standard InChI is InChI=1S/C28H34N2O7S/c1-17-12-14-19(15-13-17)38(32,33)25-21-23-22(34-28(5,6)35-23)20(30(21)26(31)36-27(2,3)4)24(25)37-29-16-18-10-8-7-9-11-18/h7-16,20-25H,1-6H3/b29-16+/t20-,21+,22+,23-,24-,25-/m0/s1. The number of sulfone groups is 1. The SMILES string of the molecule is Cc1ccc(S(=O)(=O)[C@@H]2[C@@H](O/N=C/c3ccccc3)[C@@H]3[C@H]4OC(C)(C)O[C@H]4[C@H]2N3C(=O)OC(C)(C)C)cc1. The molecule has 0 spiro atoms. The molecule has 3 aliphatic heterocycles. The van der Waals surface area contributed by atoms with Gasteiger partial charge in [-0.2, -0.15) is 0 Å². The molecular weight excluding hydrogens is 508 g/mol. The van der Waals surface area contributed by atoms with E-state index >= 15 is 0 Å². The molecule has 204 valence electrons. The van der Waals surface area contributed by atoms with Crippen LogP contribution in [0.3, 0.4) is 0 Å². The predicted octanol–water partition coefficient (Wildman–Crippen LogP) is 4.08. The molecule has 0 aliphatic carbocycles. The molecule has 3 fully saturated rings. The first kappa shape index (κ1) is 26.6. The predicted molar refractivity (Wildman–Crippen MR) is 141 cm³/mol. The third-order valence-electron chi connectivity index (χ3n) is 6.97. The van der Waals surface area contributed by atoms with Gasteiger partial charge < -0.3 is 19.0 Å². The summed E-state index contributed by atoms with van der Waals surface area (Å²) in [5.41, 5.74) is 0.932. The summed E-state index contributed by atoms with van der Waals surface area (Å²) in [4.78, 5) is 21.1. The molecule has 2 aromatic carbocycles. The first-order valence-electron chi connectivity index (χ1n) is 12.7. The molecule has 9 nitrogen and oxygen atoms in total. The van der Waals surface area contributed by atoms with E-state index in [4.69, 9.17) is 19.0 Å². The van der Waals surface area contributed by atoms with Gasteiger partial charge in [0.15, 0.2) is 21.7 Å². The quantitative estimate of drug-likeness (QED) is 0.414. The van der Waals surface area contributed by atoms with Gasteiger partial charge in [0.1, 0.15) is 29.1 Å². The number of rotatable bonds is 5. The van der Waals surface area contributed by atoms with Gasteiger partial charge in [-0.05, 0) is 59.2 Å². The Bertz CT molecular complexity index is 1320. The number of amides is 1. The van der Waals surface area contributed by atoms with Crippen molar-refractivity contribution in [1.29, 1.82) is 0 Å². The Morgan fingerprint density at radius 3 is 2.21 bits per heavy atom. The summed E-state index contributed by atoms with van der Waals surface area (Å²) in [5, 5.41) is 3.01. The van der Waals surface area contributed by atoms with Crippen LogP contribution in [-0.4, -0.2) is 72.7 Å². The van der Waals surface area contributed by atoms with Crippen LogP contribution >= 0.6 is 0 Å². The molecule has 6 atom stereocenters. The first-order chi connectivity index (χ1) is 17.8. The average Bonchev–Trinajstić information content (AvgIpc) is 3.42. The largest absolute Gasteiger partial charge is 0.444 e. The molecule has 0 saturated carbocycles. The summed E-state index contributed by atoms with van der Waals surface area (Å²) in [6, 6.07) is 14.3. The van der Waals surface area contributed by atoms with Gasteiger partial charge in [-0.1, -0.05) is 53.2 Å². The molecule has 0 unspecified atom stereocenters.